The van der Waals surface area contributed by atoms with Crippen LogP contribution < -0.4 is 4.74 Å². The van der Waals surface area contributed by atoms with Crippen LogP contribution in [0.3, 0.4) is 0 Å². The maximum atomic E-state index is 13.6. The predicted octanol–water partition coefficient (Wildman–Crippen LogP) is 4.54. The lowest BCUT2D eigenvalue weighted by molar-refractivity contribution is 0.0601. The molecule has 31 heavy (non-hydrogen) atoms. The fourth-order valence-corrected chi connectivity index (χ4v) is 4.39. The van der Waals surface area contributed by atoms with Gasteiger partial charge in [-0.15, -0.1) is 0 Å². The minimum Gasteiger partial charge on any atom is -0.491 e. The molecule has 164 valence electrons. The summed E-state index contributed by atoms with van der Waals surface area (Å²) in [6.07, 6.45) is 8.82. The van der Waals surface area contributed by atoms with Gasteiger partial charge in [0.2, 0.25) is 0 Å². The first-order chi connectivity index (χ1) is 15.0. The molecule has 6 heteroatoms. The molecule has 1 saturated heterocycles. The summed E-state index contributed by atoms with van der Waals surface area (Å²) in [5.74, 6) is 0.548. The van der Waals surface area contributed by atoms with Crippen LogP contribution in [-0.2, 0) is 12.8 Å². The molecule has 0 aliphatic carbocycles. The first-order valence-corrected chi connectivity index (χ1v) is 11.4. The van der Waals surface area contributed by atoms with E-state index in [4.69, 9.17) is 9.72 Å². The predicted molar refractivity (Wildman–Crippen MR) is 122 cm³/mol. The molecule has 0 N–H and O–H groups in total. The molecule has 1 aliphatic heterocycles. The molecule has 0 saturated carbocycles. The zero-order valence-corrected chi connectivity index (χ0v) is 19.0. The van der Waals surface area contributed by atoms with Gasteiger partial charge in [0.15, 0.2) is 11.4 Å². The van der Waals surface area contributed by atoms with Crippen LogP contribution in [0.25, 0.3) is 5.65 Å². The molecule has 1 unspecified atom stereocenters. The van der Waals surface area contributed by atoms with E-state index >= 15 is 0 Å². The van der Waals surface area contributed by atoms with Gasteiger partial charge in [0.05, 0.1) is 12.3 Å². The Bertz CT molecular complexity index is 1090. The second-order valence-corrected chi connectivity index (χ2v) is 8.38. The Morgan fingerprint density at radius 2 is 1.97 bits per heavy atom. The monoisotopic (exact) mass is 420 g/mol. The van der Waals surface area contributed by atoms with E-state index in [1.807, 2.05) is 30.9 Å². The van der Waals surface area contributed by atoms with Crippen molar-refractivity contribution in [3.05, 3.63) is 58.8 Å². The van der Waals surface area contributed by atoms with Gasteiger partial charge >= 0.3 is 0 Å². The van der Waals surface area contributed by atoms with Crippen LogP contribution >= 0.6 is 0 Å². The van der Waals surface area contributed by atoms with E-state index in [1.54, 1.807) is 0 Å². The van der Waals surface area contributed by atoms with Crippen molar-refractivity contribution in [1.82, 2.24) is 19.3 Å². The van der Waals surface area contributed by atoms with Crippen molar-refractivity contribution in [2.24, 2.45) is 0 Å². The van der Waals surface area contributed by atoms with Crippen LogP contribution in [0.5, 0.6) is 5.75 Å². The summed E-state index contributed by atoms with van der Waals surface area (Å²) < 4.78 is 7.83. The lowest BCUT2D eigenvalue weighted by Gasteiger charge is -2.35. The highest BCUT2D eigenvalue weighted by Crippen LogP contribution is 2.26. The quantitative estimate of drug-likeness (QED) is 0.587. The van der Waals surface area contributed by atoms with Gasteiger partial charge in [0, 0.05) is 37.1 Å². The normalized spacial score (nSPS) is 16.6. The Kier molecular flexibility index (Phi) is 6.25. The summed E-state index contributed by atoms with van der Waals surface area (Å²) in [5.41, 5.74) is 5.82. The third-order valence-electron chi connectivity index (χ3n) is 6.31. The van der Waals surface area contributed by atoms with Gasteiger partial charge in [0.1, 0.15) is 5.65 Å². The van der Waals surface area contributed by atoms with E-state index in [2.05, 4.69) is 41.7 Å². The molecule has 3 aromatic rings. The van der Waals surface area contributed by atoms with Crippen molar-refractivity contribution in [3.8, 4) is 5.75 Å². The lowest BCUT2D eigenvalue weighted by atomic mass is 9.97. The summed E-state index contributed by atoms with van der Waals surface area (Å²) in [5, 5.41) is 0. The number of aromatic nitrogens is 3. The summed E-state index contributed by atoms with van der Waals surface area (Å²) in [7, 11) is 0. The third kappa shape index (κ3) is 4.29. The SMILES string of the molecule is CCOc1ccc(CC)nc1C(=O)N1CCCCC1Cc1cn2ccc(C)c(C)c2n1. The first-order valence-electron chi connectivity index (χ1n) is 11.4. The van der Waals surface area contributed by atoms with Gasteiger partial charge in [-0.2, -0.15) is 0 Å². The van der Waals surface area contributed by atoms with Crippen molar-refractivity contribution >= 4 is 11.6 Å². The number of carbonyl (C=O) groups is 1. The average molecular weight is 421 g/mol. The number of nitrogens with zero attached hydrogens (tertiary/aromatic N) is 4. The number of fused-ring (bicyclic) bond motifs is 1. The molecule has 4 heterocycles. The highest BCUT2D eigenvalue weighted by Gasteiger charge is 2.31. The minimum absolute atomic E-state index is 0.0285. The van der Waals surface area contributed by atoms with Crippen LogP contribution in [0.4, 0.5) is 0 Å². The fourth-order valence-electron chi connectivity index (χ4n) is 4.39. The van der Waals surface area contributed by atoms with Crippen LogP contribution in [0, 0.1) is 13.8 Å². The molecule has 3 aromatic heterocycles. The second kappa shape index (κ2) is 9.08. The van der Waals surface area contributed by atoms with E-state index in [-0.39, 0.29) is 11.9 Å². The van der Waals surface area contributed by atoms with Crippen LogP contribution in [0.2, 0.25) is 0 Å². The number of hydrogen-bond acceptors (Lipinski definition) is 4. The van der Waals surface area contributed by atoms with Crippen LogP contribution in [0.15, 0.2) is 30.6 Å². The van der Waals surface area contributed by atoms with Crippen molar-refractivity contribution in [3.63, 3.8) is 0 Å². The number of likely N-dealkylation sites (tertiary alicyclic amines) is 1. The van der Waals surface area contributed by atoms with Crippen molar-refractivity contribution in [1.29, 1.82) is 0 Å². The van der Waals surface area contributed by atoms with Gasteiger partial charge in [-0.1, -0.05) is 6.92 Å². The molecule has 0 radical (unpaired) electrons. The maximum Gasteiger partial charge on any atom is 0.276 e. The lowest BCUT2D eigenvalue weighted by Crippen LogP contribution is -2.45. The largest absolute Gasteiger partial charge is 0.491 e. The summed E-state index contributed by atoms with van der Waals surface area (Å²) in [6, 6.07) is 6.06. The van der Waals surface area contributed by atoms with Gasteiger partial charge in [0.25, 0.3) is 5.91 Å². The minimum atomic E-state index is -0.0285. The summed E-state index contributed by atoms with van der Waals surface area (Å²) in [6.45, 7) is 9.46. The number of aryl methyl sites for hydroxylation is 3. The Morgan fingerprint density at radius 3 is 2.74 bits per heavy atom. The number of piperidine rings is 1. The fraction of sp³-hybridized carbons (Fsp3) is 0.480. The first kappa shape index (κ1) is 21.3. The van der Waals surface area contributed by atoms with E-state index in [1.165, 1.54) is 11.1 Å². The molecule has 0 spiro atoms. The molecule has 1 atom stereocenters. The number of rotatable bonds is 6. The van der Waals surface area contributed by atoms with E-state index in [0.717, 1.165) is 55.7 Å². The van der Waals surface area contributed by atoms with Crippen LogP contribution in [-0.4, -0.2) is 44.4 Å². The molecular formula is C25H32N4O2. The molecule has 1 amide bonds. The number of ether oxygens (including phenoxy) is 1. The summed E-state index contributed by atoms with van der Waals surface area (Å²) in [4.78, 5) is 25.1. The van der Waals surface area contributed by atoms with Gasteiger partial charge in [-0.25, -0.2) is 9.97 Å². The molecule has 4 rings (SSSR count). The Morgan fingerprint density at radius 1 is 1.13 bits per heavy atom. The zero-order chi connectivity index (χ0) is 22.0. The number of pyridine rings is 2. The van der Waals surface area contributed by atoms with Crippen molar-refractivity contribution in [2.45, 2.75) is 65.8 Å². The zero-order valence-electron chi connectivity index (χ0n) is 19.0. The molecule has 1 aliphatic rings. The number of hydrogen-bond donors (Lipinski definition) is 0. The molecule has 0 bridgehead atoms. The van der Waals surface area contributed by atoms with Gasteiger partial charge in [-0.3, -0.25) is 4.79 Å². The van der Waals surface area contributed by atoms with Crippen LogP contribution in [0.1, 0.15) is 66.1 Å². The molecule has 0 aromatic carbocycles. The second-order valence-electron chi connectivity index (χ2n) is 8.38. The number of carbonyl (C=O) groups excluding carboxylic acids is 1. The average Bonchev–Trinajstić information content (AvgIpc) is 3.20. The highest BCUT2D eigenvalue weighted by molar-refractivity contribution is 5.95. The molecule has 1 fully saturated rings. The number of imidazole rings is 1. The number of amides is 1. The van der Waals surface area contributed by atoms with E-state index in [9.17, 15) is 4.79 Å². The Hall–Kier alpha value is -2.89. The Labute approximate surface area is 184 Å². The van der Waals surface area contributed by atoms with Gasteiger partial charge in [-0.05, 0) is 75.8 Å². The third-order valence-corrected chi connectivity index (χ3v) is 6.31. The molecular weight excluding hydrogens is 388 g/mol. The topological polar surface area (TPSA) is 59.7 Å². The molecule has 6 nitrogen and oxygen atoms in total. The van der Waals surface area contributed by atoms with Crippen molar-refractivity contribution in [2.75, 3.05) is 13.2 Å². The standard InChI is InChI=1S/C25H32N4O2/c1-5-19-10-11-22(31-6-2)23(26-19)25(30)29-13-8-7-9-21(29)15-20-16-28-14-12-17(3)18(4)24(28)27-20/h10-12,14,16,21H,5-9,13,15H2,1-4H3. The van der Waals surface area contributed by atoms with Crippen molar-refractivity contribution < 1.29 is 9.53 Å². The Balaban J connectivity index is 1.62. The maximum absolute atomic E-state index is 13.6. The highest BCUT2D eigenvalue weighted by atomic mass is 16.5. The van der Waals surface area contributed by atoms with E-state index < -0.39 is 0 Å². The summed E-state index contributed by atoms with van der Waals surface area (Å²) >= 11 is 0. The smallest absolute Gasteiger partial charge is 0.276 e. The van der Waals surface area contributed by atoms with E-state index in [0.29, 0.717) is 18.1 Å². The van der Waals surface area contributed by atoms with Gasteiger partial charge < -0.3 is 14.0 Å².